The minimum atomic E-state index is -0.620. The van der Waals surface area contributed by atoms with Crippen LogP contribution in [-0.2, 0) is 14.4 Å². The largest absolute Gasteiger partial charge is 0.497 e. The van der Waals surface area contributed by atoms with Gasteiger partial charge in [-0.15, -0.1) is 0 Å². The van der Waals surface area contributed by atoms with Gasteiger partial charge in [0.15, 0.2) is 18.1 Å². The molecule has 198 valence electrons. The molecule has 1 heterocycles. The third-order valence-corrected chi connectivity index (χ3v) is 5.87. The van der Waals surface area contributed by atoms with Gasteiger partial charge in [-0.25, -0.2) is 4.39 Å². The zero-order chi connectivity index (χ0) is 27.1. The Labute approximate surface area is 218 Å². The van der Waals surface area contributed by atoms with E-state index in [1.807, 2.05) is 0 Å². The fourth-order valence-corrected chi connectivity index (χ4v) is 3.92. The molecule has 11 heteroatoms. The first-order chi connectivity index (χ1) is 18.4. The van der Waals surface area contributed by atoms with Gasteiger partial charge in [-0.1, -0.05) is 6.07 Å². The Morgan fingerprint density at radius 3 is 2.42 bits per heavy atom. The van der Waals surface area contributed by atoms with Crippen LogP contribution in [0.1, 0.15) is 6.42 Å². The van der Waals surface area contributed by atoms with Crippen molar-refractivity contribution in [3.05, 3.63) is 72.5 Å². The molecule has 1 fully saturated rings. The van der Waals surface area contributed by atoms with Crippen molar-refractivity contribution in [1.29, 1.82) is 0 Å². The van der Waals surface area contributed by atoms with Gasteiger partial charge in [0.25, 0.3) is 5.91 Å². The maximum absolute atomic E-state index is 13.2. The van der Waals surface area contributed by atoms with Crippen molar-refractivity contribution in [2.75, 3.05) is 43.0 Å². The highest BCUT2D eigenvalue weighted by Gasteiger charge is 2.35. The van der Waals surface area contributed by atoms with Crippen LogP contribution >= 0.6 is 0 Å². The molecular weight excluding hydrogens is 495 g/mol. The van der Waals surface area contributed by atoms with Crippen LogP contribution < -0.4 is 35.3 Å². The summed E-state index contributed by atoms with van der Waals surface area (Å²) in [7, 11) is 3.01. The molecule has 3 aromatic rings. The van der Waals surface area contributed by atoms with E-state index < -0.39 is 23.5 Å². The second kappa shape index (κ2) is 12.0. The van der Waals surface area contributed by atoms with E-state index in [4.69, 9.17) is 14.2 Å². The molecule has 0 unspecified atom stereocenters. The third-order valence-electron chi connectivity index (χ3n) is 5.87. The number of hydrogen-bond donors (Lipinski definition) is 3. The molecule has 0 bridgehead atoms. The maximum Gasteiger partial charge on any atom is 0.262 e. The van der Waals surface area contributed by atoms with Gasteiger partial charge in [0.2, 0.25) is 11.8 Å². The number of amides is 3. The highest BCUT2D eigenvalue weighted by molar-refractivity contribution is 6.00. The van der Waals surface area contributed by atoms with E-state index in [0.717, 1.165) is 0 Å². The van der Waals surface area contributed by atoms with Crippen molar-refractivity contribution in [3.63, 3.8) is 0 Å². The van der Waals surface area contributed by atoms with Crippen molar-refractivity contribution < 1.29 is 33.0 Å². The fourth-order valence-electron chi connectivity index (χ4n) is 3.92. The maximum atomic E-state index is 13.2. The first kappa shape index (κ1) is 26.3. The van der Waals surface area contributed by atoms with Gasteiger partial charge in [-0.2, -0.15) is 0 Å². The molecular formula is C27H27FN4O6. The van der Waals surface area contributed by atoms with E-state index in [1.54, 1.807) is 49.6 Å². The summed E-state index contributed by atoms with van der Waals surface area (Å²) in [5.41, 5.74) is 6.85. The summed E-state index contributed by atoms with van der Waals surface area (Å²) in [5.74, 6) is -0.842. The number of benzene rings is 3. The number of anilines is 3. The number of carbonyl (C=O) groups excluding carboxylic acids is 3. The van der Waals surface area contributed by atoms with Gasteiger partial charge in [0.1, 0.15) is 11.6 Å². The molecule has 0 aliphatic carbocycles. The predicted octanol–water partition coefficient (Wildman–Crippen LogP) is 3.36. The molecule has 0 saturated carbocycles. The summed E-state index contributed by atoms with van der Waals surface area (Å²) < 4.78 is 29.4. The van der Waals surface area contributed by atoms with Crippen LogP contribution in [0.15, 0.2) is 66.7 Å². The number of rotatable bonds is 10. The van der Waals surface area contributed by atoms with Crippen LogP contribution in [0, 0.1) is 11.7 Å². The first-order valence-electron chi connectivity index (χ1n) is 11.7. The van der Waals surface area contributed by atoms with Crippen molar-refractivity contribution in [3.8, 4) is 17.2 Å². The summed E-state index contributed by atoms with van der Waals surface area (Å²) in [4.78, 5) is 39.2. The van der Waals surface area contributed by atoms with Crippen LogP contribution in [0.4, 0.5) is 21.5 Å². The van der Waals surface area contributed by atoms with E-state index in [0.29, 0.717) is 28.6 Å². The first-order valence-corrected chi connectivity index (χ1v) is 11.7. The zero-order valence-electron chi connectivity index (χ0n) is 20.8. The average Bonchev–Trinajstić information content (AvgIpc) is 3.33. The van der Waals surface area contributed by atoms with Crippen LogP contribution in [0.3, 0.4) is 0 Å². The molecule has 10 nitrogen and oxygen atoms in total. The number of hydrogen-bond acceptors (Lipinski definition) is 7. The summed E-state index contributed by atoms with van der Waals surface area (Å²) in [6.07, 6.45) is 0.0118. The Hall–Kier alpha value is -4.80. The number of para-hydroxylation sites is 1. The lowest BCUT2D eigenvalue weighted by Gasteiger charge is -2.18. The summed E-state index contributed by atoms with van der Waals surface area (Å²) in [5, 5.41) is 2.72. The zero-order valence-corrected chi connectivity index (χ0v) is 20.8. The molecule has 0 spiro atoms. The molecule has 4 rings (SSSR count). The second-order valence-corrected chi connectivity index (χ2v) is 8.40. The molecule has 1 saturated heterocycles. The fraction of sp³-hybridized carbons (Fsp3) is 0.222. The van der Waals surface area contributed by atoms with Gasteiger partial charge >= 0.3 is 0 Å². The number of halogens is 1. The Bertz CT molecular complexity index is 1300. The van der Waals surface area contributed by atoms with Crippen LogP contribution in [0.25, 0.3) is 0 Å². The minimum Gasteiger partial charge on any atom is -0.497 e. The second-order valence-electron chi connectivity index (χ2n) is 8.40. The molecule has 38 heavy (non-hydrogen) atoms. The Kier molecular flexibility index (Phi) is 8.27. The molecule has 0 aromatic heterocycles. The normalized spacial score (nSPS) is 14.6. The molecule has 1 atom stereocenters. The number of nitrogens with one attached hydrogen (secondary N) is 3. The molecule has 1 aliphatic heterocycles. The Balaban J connectivity index is 1.36. The number of ether oxygens (including phenoxy) is 3. The summed E-state index contributed by atoms with van der Waals surface area (Å²) in [6.45, 7) is -0.163. The van der Waals surface area contributed by atoms with Gasteiger partial charge in [-0.05, 0) is 60.7 Å². The predicted molar refractivity (Wildman–Crippen MR) is 139 cm³/mol. The highest BCUT2D eigenvalue weighted by atomic mass is 19.1. The lowest BCUT2D eigenvalue weighted by Crippen LogP contribution is -2.36. The van der Waals surface area contributed by atoms with Gasteiger partial charge in [0, 0.05) is 24.3 Å². The highest BCUT2D eigenvalue weighted by Crippen LogP contribution is 2.35. The quantitative estimate of drug-likeness (QED) is 0.350. The summed E-state index contributed by atoms with van der Waals surface area (Å²) in [6, 6.07) is 17.3. The topological polar surface area (TPSA) is 118 Å². The SMILES string of the molecule is COc1ccc(NC(=O)COc2c(NNC(=O)[C@@H]3CC(=O)N(c4ccc(F)cc4)C3)cccc2OC)cc1. The van der Waals surface area contributed by atoms with E-state index in [9.17, 15) is 18.8 Å². The number of methoxy groups -OCH3 is 2. The van der Waals surface area contributed by atoms with Gasteiger partial charge in [0.05, 0.1) is 25.8 Å². The van der Waals surface area contributed by atoms with Crippen LogP contribution in [0.2, 0.25) is 0 Å². The molecule has 3 amide bonds. The summed E-state index contributed by atoms with van der Waals surface area (Å²) >= 11 is 0. The number of carbonyl (C=O) groups is 3. The molecule has 0 radical (unpaired) electrons. The van der Waals surface area contributed by atoms with E-state index in [1.165, 1.54) is 36.3 Å². The minimum absolute atomic E-state index is 0.0118. The lowest BCUT2D eigenvalue weighted by atomic mass is 10.1. The number of nitrogens with zero attached hydrogens (tertiary/aromatic N) is 1. The van der Waals surface area contributed by atoms with E-state index in [-0.39, 0.29) is 31.2 Å². The van der Waals surface area contributed by atoms with Gasteiger partial charge < -0.3 is 24.4 Å². The lowest BCUT2D eigenvalue weighted by molar-refractivity contribution is -0.125. The average molecular weight is 523 g/mol. The van der Waals surface area contributed by atoms with E-state index in [2.05, 4.69) is 16.2 Å². The molecule has 1 aliphatic rings. The van der Waals surface area contributed by atoms with Crippen molar-refractivity contribution in [2.45, 2.75) is 6.42 Å². The Morgan fingerprint density at radius 1 is 1.00 bits per heavy atom. The van der Waals surface area contributed by atoms with Crippen LogP contribution in [0.5, 0.6) is 17.2 Å². The standard InChI is InChI=1S/C27H27FN4O6/c1-36-21-12-8-19(9-13-21)29-24(33)16-38-26-22(4-3-5-23(26)37-2)30-31-27(35)17-14-25(34)32(15-17)20-10-6-18(28)7-11-20/h3-13,17,30H,14-16H2,1-2H3,(H,29,33)(H,31,35)/t17-/m1/s1. The van der Waals surface area contributed by atoms with Crippen molar-refractivity contribution in [2.24, 2.45) is 5.92 Å². The van der Waals surface area contributed by atoms with Crippen molar-refractivity contribution in [1.82, 2.24) is 5.43 Å². The van der Waals surface area contributed by atoms with Gasteiger partial charge in [-0.3, -0.25) is 25.2 Å². The van der Waals surface area contributed by atoms with Crippen LogP contribution in [-0.4, -0.2) is 45.1 Å². The number of hydrazine groups is 1. The van der Waals surface area contributed by atoms with Crippen molar-refractivity contribution >= 4 is 34.8 Å². The third kappa shape index (κ3) is 6.30. The smallest absolute Gasteiger partial charge is 0.262 e. The Morgan fingerprint density at radius 2 is 1.74 bits per heavy atom. The molecule has 3 N–H and O–H groups in total. The van der Waals surface area contributed by atoms with E-state index >= 15 is 0 Å². The molecule has 3 aromatic carbocycles. The monoisotopic (exact) mass is 522 g/mol.